The molecule has 0 aliphatic heterocycles. The van der Waals surface area contributed by atoms with Crippen LogP contribution in [-0.2, 0) is 14.3 Å². The fourth-order valence-corrected chi connectivity index (χ4v) is 8.14. The number of Topliss-reactive ketones (excluding diaryl/α,β-unsaturated/α-hetero) is 1. The molecule has 4 rings (SSSR count). The van der Waals surface area contributed by atoms with Gasteiger partial charge in [-0.05, 0) is 101 Å². The van der Waals surface area contributed by atoms with Crippen molar-refractivity contribution in [1.29, 1.82) is 0 Å². The first-order chi connectivity index (χ1) is 13.2. The standard InChI is InChI=1S/C24H38O4/c1-5-28-22(26)19-12-14(2)20-18-7-6-15-13-23(3,27)10-8-16(15)17(18)9-11-24(20,4)21(19)25/h14-20,27H,5-13H2,1-4H3/t14-,15+,16+,17-,18-,19?,20+,23-,24+/m1/s1. The molecule has 0 bridgehead atoms. The van der Waals surface area contributed by atoms with Crippen LogP contribution < -0.4 is 0 Å². The molecule has 4 saturated carbocycles. The molecule has 0 heterocycles. The number of fused-ring (bicyclic) bond motifs is 5. The van der Waals surface area contributed by atoms with Crippen molar-refractivity contribution >= 4 is 11.8 Å². The summed E-state index contributed by atoms with van der Waals surface area (Å²) < 4.78 is 5.24. The third-order valence-corrected chi connectivity index (χ3v) is 9.16. The third-order valence-electron chi connectivity index (χ3n) is 9.16. The van der Waals surface area contributed by atoms with E-state index in [1.54, 1.807) is 0 Å². The van der Waals surface area contributed by atoms with Crippen LogP contribution in [0.4, 0.5) is 0 Å². The topological polar surface area (TPSA) is 63.6 Å². The van der Waals surface area contributed by atoms with Gasteiger partial charge in [0.15, 0.2) is 5.78 Å². The zero-order valence-electron chi connectivity index (χ0n) is 18.1. The van der Waals surface area contributed by atoms with Crippen molar-refractivity contribution < 1.29 is 19.4 Å². The number of hydrogen-bond acceptors (Lipinski definition) is 4. The van der Waals surface area contributed by atoms with Gasteiger partial charge in [-0.3, -0.25) is 9.59 Å². The van der Waals surface area contributed by atoms with Gasteiger partial charge in [-0.2, -0.15) is 0 Å². The second-order valence-electron chi connectivity index (χ2n) is 10.9. The minimum absolute atomic E-state index is 0.154. The molecule has 28 heavy (non-hydrogen) atoms. The summed E-state index contributed by atoms with van der Waals surface area (Å²) in [7, 11) is 0. The second-order valence-corrected chi connectivity index (χ2v) is 10.9. The molecule has 0 aromatic carbocycles. The Balaban J connectivity index is 1.57. The van der Waals surface area contributed by atoms with Crippen LogP contribution >= 0.6 is 0 Å². The van der Waals surface area contributed by atoms with Gasteiger partial charge >= 0.3 is 5.97 Å². The van der Waals surface area contributed by atoms with Crippen molar-refractivity contribution in [3.05, 3.63) is 0 Å². The first-order valence-electron chi connectivity index (χ1n) is 11.6. The van der Waals surface area contributed by atoms with Crippen LogP contribution in [0.1, 0.15) is 79.1 Å². The van der Waals surface area contributed by atoms with E-state index in [2.05, 4.69) is 13.8 Å². The lowest BCUT2D eigenvalue weighted by atomic mass is 9.44. The van der Waals surface area contributed by atoms with Crippen molar-refractivity contribution in [2.24, 2.45) is 46.8 Å². The first-order valence-corrected chi connectivity index (χ1v) is 11.6. The maximum atomic E-state index is 13.5. The Morgan fingerprint density at radius 1 is 1.11 bits per heavy atom. The highest BCUT2D eigenvalue weighted by Gasteiger charge is 2.60. The number of rotatable bonds is 2. The zero-order valence-corrected chi connectivity index (χ0v) is 18.1. The number of carbonyl (C=O) groups excluding carboxylic acids is 2. The average molecular weight is 391 g/mol. The molecule has 1 N–H and O–H groups in total. The zero-order chi connectivity index (χ0) is 20.3. The van der Waals surface area contributed by atoms with E-state index < -0.39 is 11.5 Å². The predicted octanol–water partition coefficient (Wildman–Crippen LogP) is 4.38. The monoisotopic (exact) mass is 390 g/mol. The Morgan fingerprint density at radius 3 is 2.54 bits per heavy atom. The molecular formula is C24H38O4. The number of esters is 1. The summed E-state index contributed by atoms with van der Waals surface area (Å²) in [6.45, 7) is 8.57. The van der Waals surface area contributed by atoms with Crippen LogP contribution in [0.5, 0.6) is 0 Å². The van der Waals surface area contributed by atoms with Crippen LogP contribution in [0, 0.1) is 46.8 Å². The summed E-state index contributed by atoms with van der Waals surface area (Å²) in [5.41, 5.74) is -0.860. The van der Waals surface area contributed by atoms with Crippen molar-refractivity contribution in [2.45, 2.75) is 84.7 Å². The number of ether oxygens (including phenoxy) is 1. The van der Waals surface area contributed by atoms with Crippen LogP contribution in [0.25, 0.3) is 0 Å². The molecule has 9 atom stereocenters. The molecule has 0 radical (unpaired) electrons. The minimum Gasteiger partial charge on any atom is -0.465 e. The van der Waals surface area contributed by atoms with Gasteiger partial charge in [0.1, 0.15) is 5.92 Å². The Morgan fingerprint density at radius 2 is 1.82 bits per heavy atom. The fraction of sp³-hybridized carbons (Fsp3) is 0.917. The lowest BCUT2D eigenvalue weighted by Gasteiger charge is -2.60. The highest BCUT2D eigenvalue weighted by molar-refractivity contribution is 6.02. The van der Waals surface area contributed by atoms with Crippen molar-refractivity contribution in [3.8, 4) is 0 Å². The molecule has 4 heteroatoms. The van der Waals surface area contributed by atoms with E-state index >= 15 is 0 Å². The van der Waals surface area contributed by atoms with Crippen LogP contribution in [-0.4, -0.2) is 29.1 Å². The number of ketones is 1. The highest BCUT2D eigenvalue weighted by atomic mass is 16.5. The minimum atomic E-state index is -0.561. The largest absolute Gasteiger partial charge is 0.465 e. The Hall–Kier alpha value is -0.900. The van der Waals surface area contributed by atoms with Crippen LogP contribution in [0.2, 0.25) is 0 Å². The molecule has 4 fully saturated rings. The molecule has 0 aromatic rings. The van der Waals surface area contributed by atoms with Crippen molar-refractivity contribution in [1.82, 2.24) is 0 Å². The molecule has 4 nitrogen and oxygen atoms in total. The summed E-state index contributed by atoms with van der Waals surface area (Å²) in [4.78, 5) is 25.9. The Labute approximate surface area is 169 Å². The molecule has 0 aromatic heterocycles. The van der Waals surface area contributed by atoms with E-state index in [4.69, 9.17) is 4.74 Å². The van der Waals surface area contributed by atoms with Gasteiger partial charge in [-0.1, -0.05) is 13.8 Å². The maximum Gasteiger partial charge on any atom is 0.316 e. The molecule has 0 amide bonds. The summed E-state index contributed by atoms with van der Waals surface area (Å²) in [6.07, 6.45) is 8.05. The Bertz CT molecular complexity index is 641. The average Bonchev–Trinajstić information content (AvgIpc) is 2.63. The van der Waals surface area contributed by atoms with Gasteiger partial charge < -0.3 is 9.84 Å². The fourth-order valence-electron chi connectivity index (χ4n) is 8.14. The normalized spacial score (nSPS) is 50.9. The molecule has 1 unspecified atom stereocenters. The van der Waals surface area contributed by atoms with Gasteiger partial charge in [-0.15, -0.1) is 0 Å². The summed E-state index contributed by atoms with van der Waals surface area (Å²) in [5, 5.41) is 10.6. The van der Waals surface area contributed by atoms with Gasteiger partial charge in [0.25, 0.3) is 0 Å². The number of carbonyl (C=O) groups is 2. The Kier molecular flexibility index (Phi) is 5.17. The van der Waals surface area contributed by atoms with Crippen LogP contribution in [0.3, 0.4) is 0 Å². The van der Waals surface area contributed by atoms with Crippen molar-refractivity contribution in [3.63, 3.8) is 0 Å². The van der Waals surface area contributed by atoms with E-state index in [1.807, 2.05) is 13.8 Å². The third kappa shape index (κ3) is 3.14. The molecule has 4 aliphatic carbocycles. The van der Waals surface area contributed by atoms with E-state index in [0.717, 1.165) is 32.1 Å². The van der Waals surface area contributed by atoms with Crippen LogP contribution in [0.15, 0.2) is 0 Å². The van der Waals surface area contributed by atoms with E-state index in [-0.39, 0.29) is 17.2 Å². The smallest absolute Gasteiger partial charge is 0.316 e. The lowest BCUT2D eigenvalue weighted by Crippen LogP contribution is -2.58. The molecule has 4 aliphatic rings. The first kappa shape index (κ1) is 20.4. The molecular weight excluding hydrogens is 352 g/mol. The van der Waals surface area contributed by atoms with Gasteiger partial charge in [0.05, 0.1) is 12.2 Å². The maximum absolute atomic E-state index is 13.5. The molecule has 0 saturated heterocycles. The summed E-state index contributed by atoms with van der Waals surface area (Å²) in [6, 6.07) is 0. The SMILES string of the molecule is CCOC(=O)C1C[C@@H](C)[C@H]2[C@@H]3CC[C@H]4C[C@](C)(O)CC[C@@H]4[C@H]3CC[C@]2(C)C1=O. The number of hydrogen-bond donors (Lipinski definition) is 1. The predicted molar refractivity (Wildman–Crippen MR) is 107 cm³/mol. The van der Waals surface area contributed by atoms with Gasteiger partial charge in [-0.25, -0.2) is 0 Å². The second kappa shape index (κ2) is 7.11. The van der Waals surface area contributed by atoms with Crippen molar-refractivity contribution in [2.75, 3.05) is 6.61 Å². The number of aliphatic hydroxyl groups is 1. The van der Waals surface area contributed by atoms with E-state index in [9.17, 15) is 14.7 Å². The highest BCUT2D eigenvalue weighted by Crippen LogP contribution is 2.62. The van der Waals surface area contributed by atoms with Gasteiger partial charge in [0.2, 0.25) is 0 Å². The van der Waals surface area contributed by atoms with E-state index in [0.29, 0.717) is 48.5 Å². The summed E-state index contributed by atoms with van der Waals surface area (Å²) in [5.74, 6) is 2.73. The van der Waals surface area contributed by atoms with Gasteiger partial charge in [0, 0.05) is 5.41 Å². The summed E-state index contributed by atoms with van der Waals surface area (Å²) >= 11 is 0. The quantitative estimate of drug-likeness (QED) is 0.561. The molecule has 158 valence electrons. The molecule has 0 spiro atoms. The van der Waals surface area contributed by atoms with E-state index in [1.165, 1.54) is 12.8 Å². The lowest BCUT2D eigenvalue weighted by molar-refractivity contribution is -0.172.